The van der Waals surface area contributed by atoms with Gasteiger partial charge in [0, 0.05) is 5.56 Å². The Morgan fingerprint density at radius 3 is 2.52 bits per heavy atom. The van der Waals surface area contributed by atoms with E-state index in [1.54, 1.807) is 6.07 Å². The molecule has 0 bridgehead atoms. The van der Waals surface area contributed by atoms with Crippen molar-refractivity contribution in [3.8, 4) is 5.75 Å². The number of aromatic hydroxyl groups is 1. The number of phenols is 1. The van der Waals surface area contributed by atoms with Gasteiger partial charge in [-0.25, -0.2) is 5.56 Å². The predicted molar refractivity (Wildman–Crippen MR) is 100 cm³/mol. The Labute approximate surface area is 177 Å². The van der Waals surface area contributed by atoms with Gasteiger partial charge in [0.15, 0.2) is 0 Å². The summed E-state index contributed by atoms with van der Waals surface area (Å²) >= 11 is 0. The number of rotatable bonds is 6. The number of hydrogen-bond acceptors (Lipinski definition) is 1. The normalized spacial score (nSPS) is 10.3. The number of hydrogen-bond donors (Lipinski definition) is 1. The van der Waals surface area contributed by atoms with E-state index in [9.17, 15) is 5.11 Å². The summed E-state index contributed by atoms with van der Waals surface area (Å²) in [6.45, 7) is 8.22. The van der Waals surface area contributed by atoms with Crippen molar-refractivity contribution in [2.75, 3.05) is 0 Å². The summed E-state index contributed by atoms with van der Waals surface area (Å²) in [5.41, 5.74) is 4.16. The van der Waals surface area contributed by atoms with E-state index in [0.29, 0.717) is 0 Å². The van der Waals surface area contributed by atoms with E-state index in [2.05, 4.69) is 57.2 Å². The maximum absolute atomic E-state index is 9.84. The van der Waals surface area contributed by atoms with Crippen molar-refractivity contribution in [1.29, 1.82) is 0 Å². The molecule has 0 saturated heterocycles. The van der Waals surface area contributed by atoms with Crippen LogP contribution in [-0.4, -0.2) is 50.6 Å². The van der Waals surface area contributed by atoms with Gasteiger partial charge in [-0.15, -0.1) is 24.6 Å². The van der Waals surface area contributed by atoms with E-state index in [1.807, 2.05) is 24.3 Å². The molecule has 0 aromatic heterocycles. The van der Waals surface area contributed by atoms with Crippen molar-refractivity contribution < 1.29 is 5.11 Å². The molecule has 2 heteroatoms. The molecule has 1 nitrogen and oxygen atoms in total. The quantitative estimate of drug-likeness (QED) is 0.427. The van der Waals surface area contributed by atoms with E-state index in [1.165, 1.54) is 17.0 Å². The summed E-state index contributed by atoms with van der Waals surface area (Å²) in [5.74, 6) is 1.55. The molecule has 23 heavy (non-hydrogen) atoms. The number of benzene rings is 2. The predicted octanol–water partition coefficient (Wildman–Crippen LogP) is 4.99. The minimum Gasteiger partial charge on any atom is -0.507 e. The molecule has 0 aliphatic rings. The maximum atomic E-state index is 9.84. The van der Waals surface area contributed by atoms with Crippen molar-refractivity contribution >= 4 is 51.1 Å². The zero-order valence-electron chi connectivity index (χ0n) is 13.9. The summed E-state index contributed by atoms with van der Waals surface area (Å²) in [6.07, 6.45) is 7.03. The second-order valence-electron chi connectivity index (χ2n) is 5.28. The molecule has 2 aromatic carbocycles. The van der Waals surface area contributed by atoms with Crippen LogP contribution in [0.5, 0.6) is 5.75 Å². The first kappa shape index (κ1) is 20.1. The van der Waals surface area contributed by atoms with Crippen molar-refractivity contribution in [1.82, 2.24) is 0 Å². The first-order chi connectivity index (χ1) is 10.6. The molecule has 0 atom stereocenters. The van der Waals surface area contributed by atoms with Crippen LogP contribution < -0.4 is 0 Å². The average Bonchev–Trinajstić information content (AvgIpc) is 2.55. The molecule has 0 fully saturated rings. The van der Waals surface area contributed by atoms with Crippen molar-refractivity contribution in [2.45, 2.75) is 20.3 Å². The van der Waals surface area contributed by atoms with Crippen molar-refractivity contribution in [2.24, 2.45) is 0 Å². The molecule has 0 heterocycles. The number of allylic oxidation sites excluding steroid dienone is 3. The Morgan fingerprint density at radius 2 is 1.83 bits per heavy atom. The molecule has 2 aromatic rings. The topological polar surface area (TPSA) is 20.2 Å². The SMILES string of the molecule is C=C(/C=C\Cc1ccccc1[C-](C)[CH-]C)c1ccccc1O.[Sr+2]. The summed E-state index contributed by atoms with van der Waals surface area (Å²) < 4.78 is 0. The zero-order chi connectivity index (χ0) is 15.9. The summed E-state index contributed by atoms with van der Waals surface area (Å²) in [5, 5.41) is 9.84. The van der Waals surface area contributed by atoms with Crippen LogP contribution in [-0.2, 0) is 6.42 Å². The second kappa shape index (κ2) is 10.0. The van der Waals surface area contributed by atoms with E-state index in [0.717, 1.165) is 17.6 Å². The van der Waals surface area contributed by atoms with Crippen LogP contribution in [0.1, 0.15) is 30.5 Å². The first-order valence-corrected chi connectivity index (χ1v) is 7.48. The minimum absolute atomic E-state index is 0. The average molecular weight is 378 g/mol. The van der Waals surface area contributed by atoms with Gasteiger partial charge in [-0.05, 0) is 11.6 Å². The number of para-hydroxylation sites is 1. The van der Waals surface area contributed by atoms with Gasteiger partial charge in [0.2, 0.25) is 0 Å². The largest absolute Gasteiger partial charge is 2.00 e. The Kier molecular flexibility index (Phi) is 8.78. The smallest absolute Gasteiger partial charge is 0.507 e. The number of phenolic OH excluding ortho intramolecular Hbond substituents is 1. The van der Waals surface area contributed by atoms with E-state index in [-0.39, 0.29) is 51.2 Å². The molecule has 0 aliphatic heterocycles. The Hall–Kier alpha value is -0.929. The first-order valence-electron chi connectivity index (χ1n) is 7.48. The molecule has 0 aliphatic carbocycles. The molecule has 0 amide bonds. The van der Waals surface area contributed by atoms with Crippen LogP contribution in [0.4, 0.5) is 0 Å². The standard InChI is InChI=1S/C21H22O.Sr/c1-4-16(2)19-13-6-5-11-18(19)12-9-10-17(3)20-14-7-8-15-21(20)22;/h4-11,13-15,22H,3,12H2,1-2H3;/q-2;+2/b10-9-;. The molecular formula is C21H22OSr. The van der Waals surface area contributed by atoms with Gasteiger partial charge in [0.25, 0.3) is 0 Å². The van der Waals surface area contributed by atoms with Crippen molar-refractivity contribution in [3.63, 3.8) is 0 Å². The third-order valence-electron chi connectivity index (χ3n) is 3.78. The molecule has 114 valence electrons. The third-order valence-corrected chi connectivity index (χ3v) is 3.78. The van der Waals surface area contributed by atoms with Gasteiger partial charge in [-0.2, -0.15) is 13.0 Å². The monoisotopic (exact) mass is 378 g/mol. The van der Waals surface area contributed by atoms with Crippen molar-refractivity contribution in [3.05, 3.63) is 96.3 Å². The molecule has 0 saturated carbocycles. The van der Waals surface area contributed by atoms with Gasteiger partial charge in [0.05, 0.1) is 0 Å². The Bertz CT molecular complexity index is 673. The zero-order valence-corrected chi connectivity index (χ0v) is 17.4. The second-order valence-corrected chi connectivity index (χ2v) is 5.28. The summed E-state index contributed by atoms with van der Waals surface area (Å²) in [4.78, 5) is 0. The van der Waals surface area contributed by atoms with Crippen LogP contribution >= 0.6 is 0 Å². The van der Waals surface area contributed by atoms with Gasteiger partial charge in [0.1, 0.15) is 5.75 Å². The van der Waals surface area contributed by atoms with Gasteiger partial charge >= 0.3 is 45.5 Å². The Morgan fingerprint density at radius 1 is 1.17 bits per heavy atom. The molecule has 1 N–H and O–H groups in total. The van der Waals surface area contributed by atoms with Crippen LogP contribution in [0.25, 0.3) is 5.57 Å². The Balaban J connectivity index is 0.00000264. The fourth-order valence-electron chi connectivity index (χ4n) is 2.40. The van der Waals surface area contributed by atoms with Gasteiger partial charge < -0.3 is 17.4 Å². The van der Waals surface area contributed by atoms with Crippen LogP contribution in [0.15, 0.2) is 67.3 Å². The fourth-order valence-corrected chi connectivity index (χ4v) is 2.40. The molecule has 0 unspecified atom stereocenters. The molecule has 0 radical (unpaired) electrons. The van der Waals surface area contributed by atoms with Crippen LogP contribution in [0.2, 0.25) is 0 Å². The third kappa shape index (κ3) is 5.58. The molecule has 2 rings (SSSR count). The van der Waals surface area contributed by atoms with E-state index < -0.39 is 0 Å². The van der Waals surface area contributed by atoms with Crippen LogP contribution in [0, 0.1) is 12.3 Å². The van der Waals surface area contributed by atoms with Gasteiger partial charge in [-0.3, -0.25) is 0 Å². The minimum atomic E-state index is 0. The van der Waals surface area contributed by atoms with E-state index >= 15 is 0 Å². The van der Waals surface area contributed by atoms with Crippen LogP contribution in [0.3, 0.4) is 0 Å². The van der Waals surface area contributed by atoms with Gasteiger partial charge in [-0.1, -0.05) is 49.4 Å². The fraction of sp³-hybridized carbons (Fsp3) is 0.143. The van der Waals surface area contributed by atoms with E-state index in [4.69, 9.17) is 0 Å². The molecular weight excluding hydrogens is 356 g/mol. The summed E-state index contributed by atoms with van der Waals surface area (Å²) in [7, 11) is 0. The summed E-state index contributed by atoms with van der Waals surface area (Å²) in [6, 6.07) is 15.7. The maximum Gasteiger partial charge on any atom is 2.00 e. The molecule has 0 spiro atoms.